The van der Waals surface area contributed by atoms with Gasteiger partial charge in [-0.05, 0) is 0 Å². The molecule has 0 unspecified atom stereocenters. The molecule has 10 heteroatoms. The number of fused-ring (bicyclic) bond motifs is 1. The van der Waals surface area contributed by atoms with Crippen molar-refractivity contribution >= 4 is 34.6 Å². The molecule has 0 aliphatic carbocycles. The van der Waals surface area contributed by atoms with Gasteiger partial charge in [0.2, 0.25) is 17.8 Å². The average Bonchev–Trinajstić information content (AvgIpc) is 2.84. The van der Waals surface area contributed by atoms with Crippen molar-refractivity contribution in [2.75, 3.05) is 23.4 Å². The van der Waals surface area contributed by atoms with E-state index in [-0.39, 0.29) is 30.9 Å². The fourth-order valence-corrected chi connectivity index (χ4v) is 1.91. The van der Waals surface area contributed by atoms with Crippen molar-refractivity contribution in [1.82, 2.24) is 25.5 Å². The standard InChI is InChI=1S/C9H10N8O2/c10-15-9-13-7-4(1-11-16-7)8(14-9)17-2-5(18)12-6(19)3-17/h1H,2-3,10H2,(H,12,18,19)(H2,11,13,14,15,16). The fraction of sp³-hybridized carbons (Fsp3) is 0.222. The summed E-state index contributed by atoms with van der Waals surface area (Å²) in [6, 6.07) is 0. The molecule has 2 aromatic rings. The Balaban J connectivity index is 2.10. The highest BCUT2D eigenvalue weighted by Gasteiger charge is 2.26. The third-order valence-electron chi connectivity index (χ3n) is 2.67. The number of nitrogen functional groups attached to an aromatic ring is 1. The maximum absolute atomic E-state index is 11.4. The highest BCUT2D eigenvalue weighted by molar-refractivity contribution is 6.04. The second kappa shape index (κ2) is 4.17. The van der Waals surface area contributed by atoms with E-state index >= 15 is 0 Å². The maximum Gasteiger partial charge on any atom is 0.246 e. The van der Waals surface area contributed by atoms with Crippen LogP contribution in [0.15, 0.2) is 6.20 Å². The van der Waals surface area contributed by atoms with E-state index in [4.69, 9.17) is 5.84 Å². The molecule has 19 heavy (non-hydrogen) atoms. The summed E-state index contributed by atoms with van der Waals surface area (Å²) in [5.74, 6) is 5.12. The maximum atomic E-state index is 11.4. The third kappa shape index (κ3) is 1.93. The largest absolute Gasteiger partial charge is 0.337 e. The van der Waals surface area contributed by atoms with Crippen molar-refractivity contribution in [2.45, 2.75) is 0 Å². The van der Waals surface area contributed by atoms with Gasteiger partial charge < -0.3 is 4.90 Å². The normalized spacial score (nSPS) is 15.7. The number of nitrogens with one attached hydrogen (secondary N) is 3. The SMILES string of the molecule is NNc1nc(N2CC(=O)NC(=O)C2)c2cn[nH]c2n1. The van der Waals surface area contributed by atoms with Crippen molar-refractivity contribution < 1.29 is 9.59 Å². The minimum absolute atomic E-state index is 0.0348. The van der Waals surface area contributed by atoms with E-state index in [2.05, 4.69) is 30.9 Å². The van der Waals surface area contributed by atoms with Crippen LogP contribution in [0.2, 0.25) is 0 Å². The summed E-state index contributed by atoms with van der Waals surface area (Å²) in [6.07, 6.45) is 1.53. The van der Waals surface area contributed by atoms with E-state index in [0.717, 1.165) is 0 Å². The summed E-state index contributed by atoms with van der Waals surface area (Å²) in [5.41, 5.74) is 2.80. The van der Waals surface area contributed by atoms with Gasteiger partial charge in [0.1, 0.15) is 5.82 Å². The number of hydrazine groups is 1. The molecule has 0 saturated carbocycles. The molecule has 0 atom stereocenters. The smallest absolute Gasteiger partial charge is 0.246 e. The van der Waals surface area contributed by atoms with Crippen LogP contribution in [0.5, 0.6) is 0 Å². The molecule has 10 nitrogen and oxygen atoms in total. The Morgan fingerprint density at radius 3 is 2.68 bits per heavy atom. The van der Waals surface area contributed by atoms with Gasteiger partial charge in [0.15, 0.2) is 5.65 Å². The number of hydrogen-bond acceptors (Lipinski definition) is 8. The number of carbonyl (C=O) groups excluding carboxylic acids is 2. The van der Waals surface area contributed by atoms with Gasteiger partial charge in [0, 0.05) is 0 Å². The monoisotopic (exact) mass is 262 g/mol. The Bertz CT molecular complexity index is 649. The molecule has 0 radical (unpaired) electrons. The van der Waals surface area contributed by atoms with Crippen LogP contribution in [0.1, 0.15) is 0 Å². The van der Waals surface area contributed by atoms with Crippen LogP contribution < -0.4 is 21.5 Å². The molecule has 1 saturated heterocycles. The summed E-state index contributed by atoms with van der Waals surface area (Å²) in [5, 5.41) is 9.38. The van der Waals surface area contributed by atoms with Gasteiger partial charge >= 0.3 is 0 Å². The predicted octanol–water partition coefficient (Wildman–Crippen LogP) is -1.90. The molecule has 2 aromatic heterocycles. The molecule has 1 aliphatic heterocycles. The number of nitrogens with two attached hydrogens (primary N) is 1. The zero-order valence-corrected chi connectivity index (χ0v) is 9.67. The predicted molar refractivity (Wildman–Crippen MR) is 64.9 cm³/mol. The molecule has 98 valence electrons. The number of nitrogens with zero attached hydrogens (tertiary/aromatic N) is 4. The highest BCUT2D eigenvalue weighted by atomic mass is 16.2. The summed E-state index contributed by atoms with van der Waals surface area (Å²) in [6.45, 7) is 0.0695. The molecule has 0 aromatic carbocycles. The van der Waals surface area contributed by atoms with Crippen LogP contribution in [0.4, 0.5) is 11.8 Å². The zero-order valence-electron chi connectivity index (χ0n) is 9.67. The van der Waals surface area contributed by atoms with E-state index in [9.17, 15) is 9.59 Å². The van der Waals surface area contributed by atoms with Gasteiger partial charge in [0.05, 0.1) is 24.7 Å². The van der Waals surface area contributed by atoms with Crippen LogP contribution in [-0.4, -0.2) is 45.1 Å². The summed E-state index contributed by atoms with van der Waals surface area (Å²) < 4.78 is 0. The Kier molecular flexibility index (Phi) is 2.49. The quantitative estimate of drug-likeness (QED) is 0.279. The first-order chi connectivity index (χ1) is 9.17. The molecule has 5 N–H and O–H groups in total. The van der Waals surface area contributed by atoms with Crippen LogP contribution in [0, 0.1) is 0 Å². The minimum Gasteiger partial charge on any atom is -0.337 e. The van der Waals surface area contributed by atoms with E-state index in [1.165, 1.54) is 6.20 Å². The van der Waals surface area contributed by atoms with Crippen molar-refractivity contribution in [1.29, 1.82) is 0 Å². The first kappa shape index (κ1) is 11.3. The second-order valence-corrected chi connectivity index (χ2v) is 3.97. The van der Waals surface area contributed by atoms with Gasteiger partial charge in [-0.2, -0.15) is 15.1 Å². The molecule has 3 rings (SSSR count). The number of H-pyrrole nitrogens is 1. The number of imide groups is 1. The van der Waals surface area contributed by atoms with Crippen LogP contribution in [0.25, 0.3) is 11.0 Å². The van der Waals surface area contributed by atoms with Crippen molar-refractivity contribution in [3.63, 3.8) is 0 Å². The van der Waals surface area contributed by atoms with Gasteiger partial charge in [-0.25, -0.2) is 5.84 Å². The lowest BCUT2D eigenvalue weighted by atomic mass is 10.3. The number of amides is 2. The first-order valence-corrected chi connectivity index (χ1v) is 5.43. The molecule has 1 fully saturated rings. The Labute approximate surface area is 106 Å². The van der Waals surface area contributed by atoms with Crippen molar-refractivity contribution in [2.24, 2.45) is 5.84 Å². The molecule has 0 spiro atoms. The lowest BCUT2D eigenvalue weighted by molar-refractivity contribution is -0.130. The van der Waals surface area contributed by atoms with Crippen molar-refractivity contribution in [3.05, 3.63) is 6.20 Å². The van der Waals surface area contributed by atoms with Crippen LogP contribution in [0.3, 0.4) is 0 Å². The lowest BCUT2D eigenvalue weighted by Crippen LogP contribution is -2.51. The Morgan fingerprint density at radius 2 is 2.00 bits per heavy atom. The van der Waals surface area contributed by atoms with Crippen molar-refractivity contribution in [3.8, 4) is 0 Å². The molecular weight excluding hydrogens is 252 g/mol. The van der Waals surface area contributed by atoms with Gasteiger partial charge in [-0.15, -0.1) is 0 Å². The second-order valence-electron chi connectivity index (χ2n) is 3.97. The molecule has 0 bridgehead atoms. The topological polar surface area (TPSA) is 142 Å². The minimum atomic E-state index is -0.381. The third-order valence-corrected chi connectivity index (χ3v) is 2.67. The summed E-state index contributed by atoms with van der Waals surface area (Å²) in [4.78, 5) is 32.6. The number of rotatable bonds is 2. The first-order valence-electron chi connectivity index (χ1n) is 5.43. The average molecular weight is 262 g/mol. The zero-order chi connectivity index (χ0) is 13.4. The van der Waals surface area contributed by atoms with E-state index in [1.54, 1.807) is 4.90 Å². The molecular formula is C9H10N8O2. The molecule has 2 amide bonds. The summed E-state index contributed by atoms with van der Waals surface area (Å²) >= 11 is 0. The van der Waals surface area contributed by atoms with Crippen LogP contribution in [-0.2, 0) is 9.59 Å². The van der Waals surface area contributed by atoms with Crippen LogP contribution >= 0.6 is 0 Å². The van der Waals surface area contributed by atoms with E-state index < -0.39 is 0 Å². The van der Waals surface area contributed by atoms with Gasteiger partial charge in [-0.3, -0.25) is 25.4 Å². The summed E-state index contributed by atoms with van der Waals surface area (Å²) in [7, 11) is 0. The van der Waals surface area contributed by atoms with E-state index in [1.807, 2.05) is 0 Å². The number of hydrogen-bond donors (Lipinski definition) is 4. The number of anilines is 2. The number of aromatic amines is 1. The Hall–Kier alpha value is -2.75. The van der Waals surface area contributed by atoms with E-state index in [0.29, 0.717) is 16.9 Å². The van der Waals surface area contributed by atoms with Gasteiger partial charge in [-0.1, -0.05) is 0 Å². The highest BCUT2D eigenvalue weighted by Crippen LogP contribution is 2.23. The van der Waals surface area contributed by atoms with Gasteiger partial charge in [0.25, 0.3) is 0 Å². The fourth-order valence-electron chi connectivity index (χ4n) is 1.91. The lowest BCUT2D eigenvalue weighted by Gasteiger charge is -2.26. The molecule has 1 aliphatic rings. The molecule has 3 heterocycles. The number of carbonyl (C=O) groups is 2. The number of aromatic nitrogens is 4. The number of piperazine rings is 1. The Morgan fingerprint density at radius 1 is 1.26 bits per heavy atom.